The minimum absolute atomic E-state index is 0.196. The van der Waals surface area contributed by atoms with Crippen molar-refractivity contribution in [2.24, 2.45) is 0 Å². The van der Waals surface area contributed by atoms with Crippen LogP contribution in [0.3, 0.4) is 0 Å². The highest BCUT2D eigenvalue weighted by molar-refractivity contribution is 6.83. The largest absolute Gasteiger partial charge is 0.364 e. The number of halogens is 1. The van der Waals surface area contributed by atoms with E-state index in [9.17, 15) is 9.59 Å². The molecule has 4 nitrogen and oxygen atoms in total. The van der Waals surface area contributed by atoms with Gasteiger partial charge in [-0.25, -0.2) is 0 Å². The van der Waals surface area contributed by atoms with Crippen LogP contribution in [-0.4, -0.2) is 22.7 Å². The lowest BCUT2D eigenvalue weighted by atomic mass is 10.0. The number of nitrogens with zero attached hydrogens (tertiary/aromatic N) is 1. The van der Waals surface area contributed by atoms with Gasteiger partial charge >= 0.3 is 0 Å². The SMILES string of the molecule is CCc1cc(-c2ccccc2)c(C(=O)C(=O)Cl)n1COC. The Balaban J connectivity index is 2.69. The molecule has 0 aliphatic heterocycles. The van der Waals surface area contributed by atoms with Gasteiger partial charge in [-0.05, 0) is 29.7 Å². The van der Waals surface area contributed by atoms with Crippen LogP contribution in [0, 0.1) is 0 Å². The molecule has 0 aliphatic carbocycles. The fourth-order valence-electron chi connectivity index (χ4n) is 2.35. The van der Waals surface area contributed by atoms with E-state index in [0.717, 1.165) is 11.3 Å². The Morgan fingerprint density at radius 2 is 1.90 bits per heavy atom. The number of ether oxygens (including phenoxy) is 1. The molecule has 1 aromatic carbocycles. The molecule has 0 bridgehead atoms. The van der Waals surface area contributed by atoms with E-state index in [1.807, 2.05) is 43.3 Å². The molecular formula is C16H16ClNO3. The van der Waals surface area contributed by atoms with Crippen LogP contribution in [0.4, 0.5) is 0 Å². The number of carbonyl (C=O) groups excluding carboxylic acids is 2. The summed E-state index contributed by atoms with van der Waals surface area (Å²) in [6.07, 6.45) is 0.715. The van der Waals surface area contributed by atoms with Crippen molar-refractivity contribution in [2.45, 2.75) is 20.1 Å². The minimum Gasteiger partial charge on any atom is -0.364 e. The van der Waals surface area contributed by atoms with E-state index in [2.05, 4.69) is 0 Å². The molecule has 0 aliphatic rings. The third-order valence-corrected chi connectivity index (χ3v) is 3.45. The van der Waals surface area contributed by atoms with E-state index in [1.54, 1.807) is 11.7 Å². The molecule has 0 amide bonds. The molecule has 21 heavy (non-hydrogen) atoms. The van der Waals surface area contributed by atoms with Crippen molar-refractivity contribution in [1.82, 2.24) is 4.57 Å². The number of benzene rings is 1. The normalized spacial score (nSPS) is 10.6. The van der Waals surface area contributed by atoms with Gasteiger partial charge in [0.2, 0.25) is 0 Å². The summed E-state index contributed by atoms with van der Waals surface area (Å²) >= 11 is 5.40. The first kappa shape index (κ1) is 15.5. The third-order valence-electron chi connectivity index (χ3n) is 3.28. The number of rotatable bonds is 6. The van der Waals surface area contributed by atoms with Crippen LogP contribution >= 0.6 is 11.6 Å². The first-order valence-corrected chi connectivity index (χ1v) is 6.98. The summed E-state index contributed by atoms with van der Waals surface area (Å²) in [6, 6.07) is 11.3. The molecule has 1 heterocycles. The van der Waals surface area contributed by atoms with Crippen LogP contribution in [0.2, 0.25) is 0 Å². The molecule has 0 atom stereocenters. The maximum atomic E-state index is 12.2. The second kappa shape index (κ2) is 6.70. The van der Waals surface area contributed by atoms with Gasteiger partial charge in [-0.2, -0.15) is 0 Å². The molecule has 0 radical (unpaired) electrons. The molecule has 110 valence electrons. The van der Waals surface area contributed by atoms with Crippen LogP contribution in [0.25, 0.3) is 11.1 Å². The first-order chi connectivity index (χ1) is 10.1. The van der Waals surface area contributed by atoms with Crippen molar-refractivity contribution in [1.29, 1.82) is 0 Å². The summed E-state index contributed by atoms with van der Waals surface area (Å²) in [5.41, 5.74) is 2.75. The predicted octanol–water partition coefficient (Wildman–Crippen LogP) is 3.27. The molecule has 0 spiro atoms. The van der Waals surface area contributed by atoms with Crippen molar-refractivity contribution in [2.75, 3.05) is 7.11 Å². The monoisotopic (exact) mass is 305 g/mol. The maximum Gasteiger partial charge on any atom is 0.294 e. The number of aromatic nitrogens is 1. The molecule has 0 fully saturated rings. The fraction of sp³-hybridized carbons (Fsp3) is 0.250. The van der Waals surface area contributed by atoms with Crippen molar-refractivity contribution in [3.8, 4) is 11.1 Å². The highest BCUT2D eigenvalue weighted by atomic mass is 35.5. The molecule has 2 aromatic rings. The van der Waals surface area contributed by atoms with E-state index < -0.39 is 11.0 Å². The van der Waals surface area contributed by atoms with Crippen LogP contribution in [0.15, 0.2) is 36.4 Å². The van der Waals surface area contributed by atoms with Gasteiger partial charge in [0, 0.05) is 18.4 Å². The molecule has 5 heteroatoms. The lowest BCUT2D eigenvalue weighted by molar-refractivity contribution is -0.108. The zero-order valence-electron chi connectivity index (χ0n) is 11.9. The molecule has 0 unspecified atom stereocenters. The summed E-state index contributed by atoms with van der Waals surface area (Å²) in [5.74, 6) is -0.715. The van der Waals surface area contributed by atoms with E-state index in [0.29, 0.717) is 12.0 Å². The van der Waals surface area contributed by atoms with Crippen molar-refractivity contribution < 1.29 is 14.3 Å². The minimum atomic E-state index is -0.995. The second-order valence-corrected chi connectivity index (χ2v) is 4.91. The van der Waals surface area contributed by atoms with Crippen molar-refractivity contribution in [3.63, 3.8) is 0 Å². The quantitative estimate of drug-likeness (QED) is 0.467. The average molecular weight is 306 g/mol. The lowest BCUT2D eigenvalue weighted by Gasteiger charge is -2.10. The molecule has 0 saturated carbocycles. The van der Waals surface area contributed by atoms with Gasteiger partial charge in [0.05, 0.1) is 0 Å². The van der Waals surface area contributed by atoms with E-state index in [-0.39, 0.29) is 12.4 Å². The number of carbonyl (C=O) groups is 2. The number of methoxy groups -OCH3 is 1. The van der Waals surface area contributed by atoms with Gasteiger partial charge in [-0.1, -0.05) is 37.3 Å². The van der Waals surface area contributed by atoms with Crippen LogP contribution in [0.5, 0.6) is 0 Å². The topological polar surface area (TPSA) is 48.3 Å². The van der Waals surface area contributed by atoms with Crippen LogP contribution in [0.1, 0.15) is 23.1 Å². The summed E-state index contributed by atoms with van der Waals surface area (Å²) in [7, 11) is 1.54. The zero-order chi connectivity index (χ0) is 15.4. The van der Waals surface area contributed by atoms with Gasteiger partial charge in [-0.3, -0.25) is 9.59 Å². The molecule has 0 saturated heterocycles. The summed E-state index contributed by atoms with van der Waals surface area (Å²) < 4.78 is 6.85. The lowest BCUT2D eigenvalue weighted by Crippen LogP contribution is -2.17. The number of hydrogen-bond donors (Lipinski definition) is 0. The molecule has 0 N–H and O–H groups in total. The summed E-state index contributed by atoms with van der Waals surface area (Å²) in [5, 5.41) is -0.995. The van der Waals surface area contributed by atoms with E-state index >= 15 is 0 Å². The Hall–Kier alpha value is -1.91. The van der Waals surface area contributed by atoms with Gasteiger partial charge in [0.1, 0.15) is 12.4 Å². The van der Waals surface area contributed by atoms with E-state index in [4.69, 9.17) is 16.3 Å². The van der Waals surface area contributed by atoms with Gasteiger partial charge in [0.15, 0.2) is 0 Å². The van der Waals surface area contributed by atoms with Crippen molar-refractivity contribution >= 4 is 22.6 Å². The second-order valence-electron chi connectivity index (χ2n) is 4.57. The van der Waals surface area contributed by atoms with Crippen LogP contribution < -0.4 is 0 Å². The van der Waals surface area contributed by atoms with Gasteiger partial charge < -0.3 is 9.30 Å². The highest BCUT2D eigenvalue weighted by Crippen LogP contribution is 2.29. The Kier molecular flexibility index (Phi) is 4.94. The van der Waals surface area contributed by atoms with Crippen LogP contribution in [-0.2, 0) is 22.7 Å². The van der Waals surface area contributed by atoms with Gasteiger partial charge in [0.25, 0.3) is 11.0 Å². The standard InChI is InChI=1S/C16H16ClNO3/c1-3-12-9-13(11-7-5-4-6-8-11)14(15(19)16(17)20)18(12)10-21-2/h4-9H,3,10H2,1-2H3. The third kappa shape index (κ3) is 3.06. The Bertz CT molecular complexity index is 662. The smallest absolute Gasteiger partial charge is 0.294 e. The Morgan fingerprint density at radius 3 is 2.43 bits per heavy atom. The molecule has 2 rings (SSSR count). The molecule has 1 aromatic heterocycles. The number of aryl methyl sites for hydroxylation is 1. The Labute approximate surface area is 128 Å². The predicted molar refractivity (Wildman–Crippen MR) is 81.4 cm³/mol. The average Bonchev–Trinajstić information content (AvgIpc) is 2.86. The fourth-order valence-corrected chi connectivity index (χ4v) is 2.44. The molecular weight excluding hydrogens is 290 g/mol. The van der Waals surface area contributed by atoms with Gasteiger partial charge in [-0.15, -0.1) is 0 Å². The highest BCUT2D eigenvalue weighted by Gasteiger charge is 2.25. The summed E-state index contributed by atoms with van der Waals surface area (Å²) in [6.45, 7) is 2.17. The number of hydrogen-bond acceptors (Lipinski definition) is 3. The van der Waals surface area contributed by atoms with Crippen molar-refractivity contribution in [3.05, 3.63) is 47.8 Å². The summed E-state index contributed by atoms with van der Waals surface area (Å²) in [4.78, 5) is 23.5. The maximum absolute atomic E-state index is 12.2. The first-order valence-electron chi connectivity index (χ1n) is 6.61. The number of ketones is 1. The van der Waals surface area contributed by atoms with E-state index in [1.165, 1.54) is 0 Å². The number of Topliss-reactive ketones (excluding diaryl/α,β-unsaturated/α-hetero) is 1. The Morgan fingerprint density at radius 1 is 1.24 bits per heavy atom. The zero-order valence-corrected chi connectivity index (χ0v) is 12.7.